The highest BCUT2D eigenvalue weighted by Crippen LogP contribution is 2.17. The molecule has 1 aromatic rings. The Morgan fingerprint density at radius 3 is 2.52 bits per heavy atom. The highest BCUT2D eigenvalue weighted by atomic mass is 32.1. The molecule has 2 heterocycles. The summed E-state index contributed by atoms with van der Waals surface area (Å²) in [4.78, 5) is 43.4. The van der Waals surface area contributed by atoms with E-state index >= 15 is 0 Å². The van der Waals surface area contributed by atoms with Crippen molar-refractivity contribution in [2.24, 2.45) is 5.92 Å². The zero-order valence-electron chi connectivity index (χ0n) is 16.0. The fraction of sp³-hybridized carbons (Fsp3) is 0.647. The third-order valence-electron chi connectivity index (χ3n) is 3.91. The van der Waals surface area contributed by atoms with Gasteiger partial charge in [-0.3, -0.25) is 10.1 Å². The normalized spacial score (nSPS) is 14.2. The molecule has 0 radical (unpaired) electrons. The highest BCUT2D eigenvalue weighted by Gasteiger charge is 2.25. The Balaban J connectivity index is 1.77. The molecule has 0 aromatic carbocycles. The van der Waals surface area contributed by atoms with Crippen molar-refractivity contribution in [1.29, 1.82) is 0 Å². The molecule has 0 spiro atoms. The van der Waals surface area contributed by atoms with E-state index in [0.29, 0.717) is 56.1 Å². The van der Waals surface area contributed by atoms with Crippen molar-refractivity contribution in [2.45, 2.75) is 27.2 Å². The number of nitrogens with one attached hydrogen (secondary N) is 2. The number of hydrogen-bond donors (Lipinski definition) is 2. The fourth-order valence-corrected chi connectivity index (χ4v) is 3.17. The molecule has 9 nitrogen and oxygen atoms in total. The number of rotatable bonds is 6. The fourth-order valence-electron chi connectivity index (χ4n) is 2.47. The van der Waals surface area contributed by atoms with Crippen LogP contribution < -0.4 is 10.6 Å². The Labute approximate surface area is 163 Å². The lowest BCUT2D eigenvalue weighted by Gasteiger charge is -2.33. The van der Waals surface area contributed by atoms with Crippen LogP contribution in [0.2, 0.25) is 0 Å². The molecule has 2 rings (SSSR count). The molecule has 2 N–H and O–H groups in total. The van der Waals surface area contributed by atoms with Gasteiger partial charge in [-0.1, -0.05) is 13.8 Å². The molecule has 0 saturated carbocycles. The maximum atomic E-state index is 12.3. The van der Waals surface area contributed by atoms with Crippen LogP contribution in [0.5, 0.6) is 0 Å². The van der Waals surface area contributed by atoms with Crippen LogP contribution >= 0.6 is 11.3 Å². The average molecular weight is 398 g/mol. The van der Waals surface area contributed by atoms with Crippen molar-refractivity contribution in [3.8, 4) is 0 Å². The predicted molar refractivity (Wildman–Crippen MR) is 103 cm³/mol. The number of aromatic nitrogens is 1. The third-order valence-corrected chi connectivity index (χ3v) is 4.71. The van der Waals surface area contributed by atoms with Crippen molar-refractivity contribution >= 4 is 34.5 Å². The number of ether oxygens (including phenoxy) is 1. The first-order valence-electron chi connectivity index (χ1n) is 9.07. The molecule has 1 aliphatic heterocycles. The molecule has 0 unspecified atom stereocenters. The first kappa shape index (κ1) is 20.9. The largest absolute Gasteiger partial charge is 0.450 e. The first-order chi connectivity index (χ1) is 12.9. The topological polar surface area (TPSA) is 104 Å². The van der Waals surface area contributed by atoms with E-state index in [9.17, 15) is 14.4 Å². The Morgan fingerprint density at radius 2 is 1.89 bits per heavy atom. The lowest BCUT2D eigenvalue weighted by molar-refractivity contribution is -0.120. The van der Waals surface area contributed by atoms with Gasteiger partial charge < -0.3 is 19.9 Å². The van der Waals surface area contributed by atoms with Gasteiger partial charge >= 0.3 is 12.1 Å². The number of anilines is 1. The van der Waals surface area contributed by atoms with Gasteiger partial charge in [0.15, 0.2) is 5.13 Å². The van der Waals surface area contributed by atoms with E-state index in [1.54, 1.807) is 22.1 Å². The van der Waals surface area contributed by atoms with Gasteiger partial charge in [-0.05, 0) is 12.8 Å². The standard InChI is InChI=1S/C17H27N5O4S/c1-4-26-17(25)22-7-5-21(6-8-22)16(24)20-15-19-13(11-27-15)9-14(23)18-10-12(2)3/h11-12H,4-10H2,1-3H3,(H,18,23)(H,19,20,24). The van der Waals surface area contributed by atoms with Gasteiger partial charge in [0, 0.05) is 38.1 Å². The number of piperazine rings is 1. The quantitative estimate of drug-likeness (QED) is 0.761. The van der Waals surface area contributed by atoms with Crippen molar-refractivity contribution in [3.05, 3.63) is 11.1 Å². The number of hydrogen-bond acceptors (Lipinski definition) is 6. The summed E-state index contributed by atoms with van der Waals surface area (Å²) in [6, 6.07) is -0.260. The van der Waals surface area contributed by atoms with Crippen molar-refractivity contribution in [1.82, 2.24) is 20.1 Å². The summed E-state index contributed by atoms with van der Waals surface area (Å²) in [5.74, 6) is 0.311. The summed E-state index contributed by atoms with van der Waals surface area (Å²) < 4.78 is 4.96. The van der Waals surface area contributed by atoms with E-state index < -0.39 is 0 Å². The number of thiazole rings is 1. The summed E-state index contributed by atoms with van der Waals surface area (Å²) in [7, 11) is 0. The van der Waals surface area contributed by atoms with Gasteiger partial charge in [0.25, 0.3) is 0 Å². The van der Waals surface area contributed by atoms with Crippen LogP contribution in [0.3, 0.4) is 0 Å². The minimum absolute atomic E-state index is 0.0815. The Hall–Kier alpha value is -2.36. The van der Waals surface area contributed by atoms with Gasteiger partial charge in [0.05, 0.1) is 18.7 Å². The molecule has 27 heavy (non-hydrogen) atoms. The molecular weight excluding hydrogens is 370 g/mol. The summed E-state index contributed by atoms with van der Waals surface area (Å²) in [6.45, 7) is 8.52. The van der Waals surface area contributed by atoms with Crippen LogP contribution in [-0.2, 0) is 16.0 Å². The van der Waals surface area contributed by atoms with E-state index in [1.165, 1.54) is 11.3 Å². The average Bonchev–Trinajstić information content (AvgIpc) is 3.07. The molecule has 10 heteroatoms. The maximum Gasteiger partial charge on any atom is 0.409 e. The van der Waals surface area contributed by atoms with Crippen LogP contribution in [0.25, 0.3) is 0 Å². The van der Waals surface area contributed by atoms with Crippen LogP contribution in [0.15, 0.2) is 5.38 Å². The second-order valence-electron chi connectivity index (χ2n) is 6.62. The number of amides is 4. The molecule has 1 aliphatic rings. The van der Waals surface area contributed by atoms with Gasteiger partial charge in [-0.2, -0.15) is 0 Å². The lowest BCUT2D eigenvalue weighted by Crippen LogP contribution is -2.51. The number of carbonyl (C=O) groups is 3. The third kappa shape index (κ3) is 6.70. The first-order valence-corrected chi connectivity index (χ1v) is 9.95. The van der Waals surface area contributed by atoms with Gasteiger partial charge in [0.1, 0.15) is 0 Å². The van der Waals surface area contributed by atoms with Gasteiger partial charge in [0.2, 0.25) is 5.91 Å². The second-order valence-corrected chi connectivity index (χ2v) is 7.48. The van der Waals surface area contributed by atoms with Gasteiger partial charge in [-0.15, -0.1) is 11.3 Å². The molecular formula is C17H27N5O4S. The molecule has 0 atom stereocenters. The Morgan fingerprint density at radius 1 is 1.22 bits per heavy atom. The maximum absolute atomic E-state index is 12.3. The van der Waals surface area contributed by atoms with Crippen molar-refractivity contribution < 1.29 is 19.1 Å². The smallest absolute Gasteiger partial charge is 0.409 e. The Kier molecular flexibility index (Phi) is 7.83. The van der Waals surface area contributed by atoms with Gasteiger partial charge in [-0.25, -0.2) is 14.6 Å². The summed E-state index contributed by atoms with van der Waals surface area (Å²) in [5.41, 5.74) is 0.628. The second kappa shape index (κ2) is 10.1. The summed E-state index contributed by atoms with van der Waals surface area (Å²) in [5, 5.41) is 7.82. The van der Waals surface area contributed by atoms with Crippen LogP contribution in [0.4, 0.5) is 14.7 Å². The molecule has 150 valence electrons. The molecule has 1 aromatic heterocycles. The van der Waals surface area contributed by atoms with Crippen LogP contribution in [0.1, 0.15) is 26.5 Å². The van der Waals surface area contributed by atoms with Crippen LogP contribution in [-0.4, -0.2) is 72.1 Å². The molecule has 0 aliphatic carbocycles. The molecule has 4 amide bonds. The molecule has 1 saturated heterocycles. The lowest BCUT2D eigenvalue weighted by atomic mass is 10.2. The minimum atomic E-state index is -0.349. The SMILES string of the molecule is CCOC(=O)N1CCN(C(=O)Nc2nc(CC(=O)NCC(C)C)cs2)CC1. The number of urea groups is 1. The highest BCUT2D eigenvalue weighted by molar-refractivity contribution is 7.13. The zero-order chi connectivity index (χ0) is 19.8. The van der Waals surface area contributed by atoms with Crippen LogP contribution in [0, 0.1) is 5.92 Å². The predicted octanol–water partition coefficient (Wildman–Crippen LogP) is 1.76. The van der Waals surface area contributed by atoms with E-state index in [-0.39, 0.29) is 24.5 Å². The Bertz CT molecular complexity index is 656. The molecule has 0 bridgehead atoms. The van der Waals surface area contributed by atoms with Crippen molar-refractivity contribution in [3.63, 3.8) is 0 Å². The monoisotopic (exact) mass is 397 g/mol. The van der Waals surface area contributed by atoms with E-state index in [1.807, 2.05) is 13.8 Å². The summed E-state index contributed by atoms with van der Waals surface area (Å²) in [6.07, 6.45) is -0.157. The van der Waals surface area contributed by atoms with Crippen molar-refractivity contribution in [2.75, 3.05) is 44.6 Å². The van der Waals surface area contributed by atoms with E-state index in [0.717, 1.165) is 0 Å². The van der Waals surface area contributed by atoms with E-state index in [2.05, 4.69) is 15.6 Å². The molecule has 1 fully saturated rings. The number of nitrogens with zero attached hydrogens (tertiary/aromatic N) is 3. The zero-order valence-corrected chi connectivity index (χ0v) is 16.8. The summed E-state index contributed by atoms with van der Waals surface area (Å²) >= 11 is 1.29. The van der Waals surface area contributed by atoms with E-state index in [4.69, 9.17) is 4.74 Å². The minimum Gasteiger partial charge on any atom is -0.450 e. The number of carbonyl (C=O) groups excluding carboxylic acids is 3.